The fourth-order valence-corrected chi connectivity index (χ4v) is 4.62. The molecule has 0 radical (unpaired) electrons. The summed E-state index contributed by atoms with van der Waals surface area (Å²) in [5.74, 6) is -0.268. The number of carbonyl (C=O) groups excluding carboxylic acids is 1. The smallest absolute Gasteiger partial charge is 0.258 e. The average molecular weight is 421 g/mol. The van der Waals surface area contributed by atoms with Crippen LogP contribution in [-0.4, -0.2) is 27.0 Å². The minimum Gasteiger partial charge on any atom is -0.484 e. The largest absolute Gasteiger partial charge is 0.484 e. The molecule has 2 aromatic carbocycles. The number of carbonyl (C=O) groups is 1. The van der Waals surface area contributed by atoms with Gasteiger partial charge in [0.05, 0.1) is 10.9 Å². The molecule has 2 N–H and O–H groups in total. The maximum Gasteiger partial charge on any atom is 0.258 e. The van der Waals surface area contributed by atoms with E-state index in [0.717, 1.165) is 31.2 Å². The van der Waals surface area contributed by atoms with E-state index in [1.807, 2.05) is 0 Å². The van der Waals surface area contributed by atoms with E-state index in [4.69, 9.17) is 4.74 Å². The second-order valence-electron chi connectivity index (χ2n) is 7.20. The molecule has 156 valence electrons. The number of halogens is 1. The second kappa shape index (κ2) is 9.37. The molecule has 0 aliphatic heterocycles. The van der Waals surface area contributed by atoms with Gasteiger partial charge in [-0.3, -0.25) is 4.79 Å². The van der Waals surface area contributed by atoms with Gasteiger partial charge in [-0.2, -0.15) is 0 Å². The Balaban J connectivity index is 1.50. The lowest BCUT2D eigenvalue weighted by molar-refractivity contribution is -0.123. The molecular weight excluding hydrogens is 395 g/mol. The molecular formula is C21H25FN2O4S. The van der Waals surface area contributed by atoms with Crippen molar-refractivity contribution in [1.82, 2.24) is 10.0 Å². The van der Waals surface area contributed by atoms with Gasteiger partial charge >= 0.3 is 0 Å². The maximum absolute atomic E-state index is 13.0. The average Bonchev–Trinajstić information content (AvgIpc) is 3.19. The first kappa shape index (κ1) is 21.3. The number of amides is 1. The number of nitrogens with one attached hydrogen (secondary N) is 2. The highest BCUT2D eigenvalue weighted by Gasteiger charge is 2.22. The summed E-state index contributed by atoms with van der Waals surface area (Å²) in [5.41, 5.74) is 0.782. The summed E-state index contributed by atoms with van der Waals surface area (Å²) in [7, 11) is -3.55. The molecule has 1 unspecified atom stereocenters. The Labute approximate surface area is 170 Å². The van der Waals surface area contributed by atoms with Gasteiger partial charge in [-0.15, -0.1) is 0 Å². The first-order valence-corrected chi connectivity index (χ1v) is 11.1. The van der Waals surface area contributed by atoms with Crippen LogP contribution in [0.4, 0.5) is 4.39 Å². The highest BCUT2D eigenvalue weighted by atomic mass is 32.2. The molecule has 1 fully saturated rings. The van der Waals surface area contributed by atoms with E-state index in [0.29, 0.717) is 5.75 Å². The van der Waals surface area contributed by atoms with Crippen LogP contribution in [0.3, 0.4) is 0 Å². The summed E-state index contributed by atoms with van der Waals surface area (Å²) in [6.07, 6.45) is 3.82. The lowest BCUT2D eigenvalue weighted by Crippen LogP contribution is -2.32. The van der Waals surface area contributed by atoms with Gasteiger partial charge in [-0.1, -0.05) is 25.0 Å². The molecule has 2 aromatic rings. The molecule has 0 saturated heterocycles. The molecule has 3 rings (SSSR count). The molecule has 0 aromatic heterocycles. The molecule has 6 nitrogen and oxygen atoms in total. The number of hydrogen-bond donors (Lipinski definition) is 2. The predicted octanol–water partition coefficient (Wildman–Crippen LogP) is 3.30. The van der Waals surface area contributed by atoms with Crippen molar-refractivity contribution in [2.24, 2.45) is 0 Å². The van der Waals surface area contributed by atoms with E-state index in [2.05, 4.69) is 10.0 Å². The number of rotatable bonds is 8. The number of hydrogen-bond acceptors (Lipinski definition) is 4. The van der Waals surface area contributed by atoms with E-state index in [9.17, 15) is 17.6 Å². The van der Waals surface area contributed by atoms with Gasteiger partial charge in [-0.05, 0) is 61.7 Å². The fourth-order valence-electron chi connectivity index (χ4n) is 3.31. The normalized spacial score (nSPS) is 15.8. The van der Waals surface area contributed by atoms with Gasteiger partial charge < -0.3 is 10.1 Å². The first-order valence-electron chi connectivity index (χ1n) is 9.63. The van der Waals surface area contributed by atoms with Crippen LogP contribution >= 0.6 is 0 Å². The molecule has 0 spiro atoms. The van der Waals surface area contributed by atoms with Crippen molar-refractivity contribution in [3.8, 4) is 5.75 Å². The van der Waals surface area contributed by atoms with E-state index in [1.165, 1.54) is 36.4 Å². The lowest BCUT2D eigenvalue weighted by Gasteiger charge is -2.15. The Bertz CT molecular complexity index is 924. The van der Waals surface area contributed by atoms with Crippen LogP contribution in [0, 0.1) is 5.82 Å². The molecule has 29 heavy (non-hydrogen) atoms. The Kier molecular flexibility index (Phi) is 6.87. The summed E-state index contributed by atoms with van der Waals surface area (Å²) in [6.45, 7) is 1.58. The minimum atomic E-state index is -3.55. The van der Waals surface area contributed by atoms with E-state index in [1.54, 1.807) is 19.1 Å². The van der Waals surface area contributed by atoms with Crippen LogP contribution < -0.4 is 14.8 Å². The second-order valence-corrected chi connectivity index (χ2v) is 8.92. The van der Waals surface area contributed by atoms with Crippen molar-refractivity contribution in [2.75, 3.05) is 6.61 Å². The Morgan fingerprint density at radius 1 is 1.10 bits per heavy atom. The zero-order valence-corrected chi connectivity index (χ0v) is 17.0. The third-order valence-corrected chi connectivity index (χ3v) is 6.46. The maximum atomic E-state index is 13.0. The fraction of sp³-hybridized carbons (Fsp3) is 0.381. The summed E-state index contributed by atoms with van der Waals surface area (Å²) < 4.78 is 45.9. The van der Waals surface area contributed by atoms with Crippen LogP contribution in [0.1, 0.15) is 44.2 Å². The SMILES string of the molecule is CC(NC(=O)COc1ccc(S(=O)(=O)NC2CCCC2)cc1)c1ccc(F)cc1. The van der Waals surface area contributed by atoms with Crippen LogP contribution in [0.2, 0.25) is 0 Å². The minimum absolute atomic E-state index is 0.00252. The van der Waals surface area contributed by atoms with Crippen molar-refractivity contribution in [1.29, 1.82) is 0 Å². The molecule has 8 heteroatoms. The van der Waals surface area contributed by atoms with Crippen LogP contribution in [0.15, 0.2) is 53.4 Å². The highest BCUT2D eigenvalue weighted by molar-refractivity contribution is 7.89. The van der Waals surface area contributed by atoms with E-state index in [-0.39, 0.29) is 35.3 Å². The summed E-state index contributed by atoms with van der Waals surface area (Å²) in [4.78, 5) is 12.2. The van der Waals surface area contributed by atoms with Crippen LogP contribution in [0.25, 0.3) is 0 Å². The monoisotopic (exact) mass is 420 g/mol. The van der Waals surface area contributed by atoms with E-state index < -0.39 is 10.0 Å². The first-order chi connectivity index (χ1) is 13.8. The van der Waals surface area contributed by atoms with Crippen LogP contribution in [-0.2, 0) is 14.8 Å². The Morgan fingerprint density at radius 3 is 2.34 bits per heavy atom. The van der Waals surface area contributed by atoms with Crippen molar-refractivity contribution in [2.45, 2.75) is 49.6 Å². The third kappa shape index (κ3) is 6.01. The van der Waals surface area contributed by atoms with Crippen molar-refractivity contribution in [3.05, 3.63) is 59.9 Å². The van der Waals surface area contributed by atoms with E-state index >= 15 is 0 Å². The number of sulfonamides is 1. The summed E-state index contributed by atoms with van der Waals surface area (Å²) in [6, 6.07) is 11.6. The molecule has 1 amide bonds. The topological polar surface area (TPSA) is 84.5 Å². The molecule has 1 atom stereocenters. The molecule has 1 saturated carbocycles. The van der Waals surface area contributed by atoms with Crippen molar-refractivity contribution >= 4 is 15.9 Å². The zero-order valence-electron chi connectivity index (χ0n) is 16.2. The van der Waals surface area contributed by atoms with Gasteiger partial charge in [0.25, 0.3) is 5.91 Å². The Hall–Kier alpha value is -2.45. The highest BCUT2D eigenvalue weighted by Crippen LogP contribution is 2.21. The number of ether oxygens (including phenoxy) is 1. The zero-order chi connectivity index (χ0) is 20.9. The number of benzene rings is 2. The van der Waals surface area contributed by atoms with Crippen molar-refractivity contribution < 1.29 is 22.3 Å². The summed E-state index contributed by atoms with van der Waals surface area (Å²) >= 11 is 0. The van der Waals surface area contributed by atoms with Gasteiger partial charge in [0.15, 0.2) is 6.61 Å². The molecule has 0 bridgehead atoms. The van der Waals surface area contributed by atoms with Crippen LogP contribution in [0.5, 0.6) is 5.75 Å². The lowest BCUT2D eigenvalue weighted by atomic mass is 10.1. The predicted molar refractivity (Wildman–Crippen MR) is 107 cm³/mol. The standard InChI is InChI=1S/C21H25FN2O4S/c1-15(16-6-8-17(22)9-7-16)23-21(25)14-28-19-10-12-20(13-11-19)29(26,27)24-18-4-2-3-5-18/h6-13,15,18,24H,2-5,14H2,1H3,(H,23,25). The van der Waals surface area contributed by atoms with Gasteiger partial charge in [-0.25, -0.2) is 17.5 Å². The third-order valence-electron chi connectivity index (χ3n) is 4.93. The van der Waals surface area contributed by atoms with Gasteiger partial charge in [0.2, 0.25) is 10.0 Å². The molecule has 1 aliphatic carbocycles. The van der Waals surface area contributed by atoms with Gasteiger partial charge in [0, 0.05) is 6.04 Å². The Morgan fingerprint density at radius 2 is 1.72 bits per heavy atom. The van der Waals surface area contributed by atoms with Gasteiger partial charge in [0.1, 0.15) is 11.6 Å². The van der Waals surface area contributed by atoms with Crippen molar-refractivity contribution in [3.63, 3.8) is 0 Å². The molecule has 0 heterocycles. The summed E-state index contributed by atoms with van der Waals surface area (Å²) in [5, 5.41) is 2.77. The molecule has 1 aliphatic rings. The quantitative estimate of drug-likeness (QED) is 0.686.